The van der Waals surface area contributed by atoms with Crippen LogP contribution in [-0.2, 0) is 9.53 Å². The van der Waals surface area contributed by atoms with Crippen LogP contribution in [0.2, 0.25) is 0 Å². The minimum atomic E-state index is -0.767. The molecule has 0 heterocycles. The Labute approximate surface area is 93.0 Å². The largest absolute Gasteiger partial charge is 0.508 e. The maximum absolute atomic E-state index is 13.1. The first-order chi connectivity index (χ1) is 7.58. The molecule has 2 N–H and O–H groups in total. The highest BCUT2D eigenvalue weighted by atomic mass is 19.1. The summed E-state index contributed by atoms with van der Waals surface area (Å²) in [7, 11) is 1.26. The van der Waals surface area contributed by atoms with Crippen molar-refractivity contribution in [2.24, 2.45) is 0 Å². The second-order valence-corrected chi connectivity index (χ2v) is 3.26. The number of aromatic hydroxyl groups is 1. The van der Waals surface area contributed by atoms with Crippen LogP contribution in [0.4, 0.5) is 4.39 Å². The number of hydrogen-bond donors (Lipinski definition) is 2. The molecular weight excluding hydrogens is 213 g/mol. The van der Waals surface area contributed by atoms with Gasteiger partial charge in [0.2, 0.25) is 0 Å². The van der Waals surface area contributed by atoms with Gasteiger partial charge < -0.3 is 15.2 Å². The number of phenols is 1. The Morgan fingerprint density at radius 3 is 2.75 bits per heavy atom. The molecule has 0 radical (unpaired) electrons. The topological polar surface area (TPSA) is 58.6 Å². The van der Waals surface area contributed by atoms with E-state index in [9.17, 15) is 14.3 Å². The number of nitrogens with one attached hydrogen (secondary N) is 1. The van der Waals surface area contributed by atoms with E-state index in [0.29, 0.717) is 12.1 Å². The van der Waals surface area contributed by atoms with Gasteiger partial charge in [-0.2, -0.15) is 0 Å². The molecule has 0 saturated carbocycles. The molecule has 1 unspecified atom stereocenters. The van der Waals surface area contributed by atoms with E-state index in [1.165, 1.54) is 19.2 Å². The number of esters is 1. The lowest BCUT2D eigenvalue weighted by Gasteiger charge is -2.15. The molecule has 1 atom stereocenters. The van der Waals surface area contributed by atoms with Crippen molar-refractivity contribution in [1.29, 1.82) is 0 Å². The minimum absolute atomic E-state index is 0.221. The van der Waals surface area contributed by atoms with Crippen molar-refractivity contribution in [3.8, 4) is 5.75 Å². The van der Waals surface area contributed by atoms with Gasteiger partial charge in [0, 0.05) is 6.07 Å². The van der Waals surface area contributed by atoms with E-state index < -0.39 is 17.8 Å². The normalized spacial score (nSPS) is 12.2. The zero-order valence-electron chi connectivity index (χ0n) is 9.16. The summed E-state index contributed by atoms with van der Waals surface area (Å²) in [5, 5.41) is 12.1. The van der Waals surface area contributed by atoms with E-state index in [1.54, 1.807) is 0 Å². The molecule has 0 aliphatic rings. The maximum atomic E-state index is 13.1. The Morgan fingerprint density at radius 1 is 1.56 bits per heavy atom. The van der Waals surface area contributed by atoms with Gasteiger partial charge in [0.05, 0.1) is 7.11 Å². The van der Waals surface area contributed by atoms with Crippen molar-refractivity contribution in [3.63, 3.8) is 0 Å². The van der Waals surface area contributed by atoms with Crippen LogP contribution in [0.1, 0.15) is 18.5 Å². The number of likely N-dealkylation sites (N-methyl/N-ethyl adjacent to an activating group) is 1. The highest BCUT2D eigenvalue weighted by Gasteiger charge is 2.21. The summed E-state index contributed by atoms with van der Waals surface area (Å²) >= 11 is 0. The van der Waals surface area contributed by atoms with Crippen LogP contribution in [0.15, 0.2) is 18.2 Å². The molecule has 1 aromatic rings. The number of ether oxygens (including phenoxy) is 1. The van der Waals surface area contributed by atoms with E-state index in [1.807, 2.05) is 6.92 Å². The van der Waals surface area contributed by atoms with Crippen molar-refractivity contribution < 1.29 is 19.0 Å². The van der Waals surface area contributed by atoms with E-state index >= 15 is 0 Å². The van der Waals surface area contributed by atoms with Gasteiger partial charge in [0.15, 0.2) is 0 Å². The molecule has 0 saturated heterocycles. The Morgan fingerprint density at radius 2 is 2.25 bits per heavy atom. The standard InChI is InChI=1S/C11H14FNO3/c1-3-13-10(11(15)16-2)7-4-8(12)6-9(14)5-7/h4-6,10,13-14H,3H2,1-2H3. The molecule has 0 amide bonds. The summed E-state index contributed by atoms with van der Waals surface area (Å²) in [6, 6.07) is 2.72. The molecule has 1 aromatic carbocycles. The fourth-order valence-corrected chi connectivity index (χ4v) is 1.42. The number of carbonyl (C=O) groups is 1. The van der Waals surface area contributed by atoms with Crippen LogP contribution in [0.5, 0.6) is 5.75 Å². The van der Waals surface area contributed by atoms with Crippen LogP contribution >= 0.6 is 0 Å². The quantitative estimate of drug-likeness (QED) is 0.762. The number of rotatable bonds is 4. The fraction of sp³-hybridized carbons (Fsp3) is 0.364. The van der Waals surface area contributed by atoms with E-state index in [4.69, 9.17) is 0 Å². The Kier molecular flexibility index (Phi) is 4.25. The molecular formula is C11H14FNO3. The van der Waals surface area contributed by atoms with Gasteiger partial charge in [-0.05, 0) is 24.2 Å². The zero-order chi connectivity index (χ0) is 12.1. The van der Waals surface area contributed by atoms with Gasteiger partial charge in [0.1, 0.15) is 17.6 Å². The van der Waals surface area contributed by atoms with Gasteiger partial charge in [-0.25, -0.2) is 9.18 Å². The molecule has 16 heavy (non-hydrogen) atoms. The molecule has 0 aliphatic heterocycles. The van der Waals surface area contributed by atoms with Crippen molar-refractivity contribution >= 4 is 5.97 Å². The lowest BCUT2D eigenvalue weighted by atomic mass is 10.1. The first kappa shape index (κ1) is 12.4. The lowest BCUT2D eigenvalue weighted by molar-refractivity contribution is -0.143. The van der Waals surface area contributed by atoms with E-state index in [2.05, 4.69) is 10.1 Å². The third-order valence-corrected chi connectivity index (χ3v) is 2.08. The van der Waals surface area contributed by atoms with E-state index in [-0.39, 0.29) is 5.75 Å². The van der Waals surface area contributed by atoms with Crippen LogP contribution in [-0.4, -0.2) is 24.7 Å². The molecule has 0 spiro atoms. The summed E-state index contributed by atoms with van der Waals surface area (Å²) in [5.41, 5.74) is 0.339. The summed E-state index contributed by atoms with van der Waals surface area (Å²) in [6.07, 6.45) is 0. The van der Waals surface area contributed by atoms with Gasteiger partial charge in [-0.15, -0.1) is 0 Å². The minimum Gasteiger partial charge on any atom is -0.508 e. The van der Waals surface area contributed by atoms with Gasteiger partial charge in [0.25, 0.3) is 0 Å². The predicted octanol–water partition coefficient (Wildman–Crippen LogP) is 1.35. The maximum Gasteiger partial charge on any atom is 0.327 e. The van der Waals surface area contributed by atoms with Crippen LogP contribution < -0.4 is 5.32 Å². The summed E-state index contributed by atoms with van der Waals surface area (Å²) in [5.74, 6) is -1.34. The second kappa shape index (κ2) is 5.46. The Bertz CT molecular complexity index is 361. The molecule has 0 bridgehead atoms. The molecule has 4 nitrogen and oxygen atoms in total. The first-order valence-corrected chi connectivity index (χ1v) is 4.89. The molecule has 1 rings (SSSR count). The van der Waals surface area contributed by atoms with Crippen molar-refractivity contribution in [3.05, 3.63) is 29.6 Å². The zero-order valence-corrected chi connectivity index (χ0v) is 9.16. The van der Waals surface area contributed by atoms with Crippen LogP contribution in [0, 0.1) is 5.82 Å². The fourth-order valence-electron chi connectivity index (χ4n) is 1.42. The van der Waals surface area contributed by atoms with Crippen LogP contribution in [0.3, 0.4) is 0 Å². The van der Waals surface area contributed by atoms with Crippen molar-refractivity contribution in [2.45, 2.75) is 13.0 Å². The van der Waals surface area contributed by atoms with E-state index in [0.717, 1.165) is 6.07 Å². The molecule has 5 heteroatoms. The summed E-state index contributed by atoms with van der Waals surface area (Å²) < 4.78 is 17.6. The first-order valence-electron chi connectivity index (χ1n) is 4.89. The molecule has 0 aliphatic carbocycles. The smallest absolute Gasteiger partial charge is 0.327 e. The van der Waals surface area contributed by atoms with Crippen molar-refractivity contribution in [1.82, 2.24) is 5.32 Å². The Hall–Kier alpha value is -1.62. The predicted molar refractivity (Wildman–Crippen MR) is 56.5 cm³/mol. The number of hydrogen-bond acceptors (Lipinski definition) is 4. The number of carbonyl (C=O) groups excluding carboxylic acids is 1. The van der Waals surface area contributed by atoms with Crippen molar-refractivity contribution in [2.75, 3.05) is 13.7 Å². The second-order valence-electron chi connectivity index (χ2n) is 3.26. The number of methoxy groups -OCH3 is 1. The number of benzene rings is 1. The SMILES string of the molecule is CCNC(C(=O)OC)c1cc(O)cc(F)c1. The average molecular weight is 227 g/mol. The Balaban J connectivity index is 3.04. The number of halogens is 1. The van der Waals surface area contributed by atoms with Gasteiger partial charge in [-0.3, -0.25) is 0 Å². The average Bonchev–Trinajstić information content (AvgIpc) is 2.23. The summed E-state index contributed by atoms with van der Waals surface area (Å²) in [4.78, 5) is 11.4. The molecule has 88 valence electrons. The molecule has 0 fully saturated rings. The highest BCUT2D eigenvalue weighted by Crippen LogP contribution is 2.21. The third kappa shape index (κ3) is 2.93. The van der Waals surface area contributed by atoms with Gasteiger partial charge >= 0.3 is 5.97 Å². The number of phenolic OH excluding ortho intramolecular Hbond substituents is 1. The molecule has 0 aromatic heterocycles. The monoisotopic (exact) mass is 227 g/mol. The lowest BCUT2D eigenvalue weighted by Crippen LogP contribution is -2.29. The van der Waals surface area contributed by atoms with Crippen LogP contribution in [0.25, 0.3) is 0 Å². The summed E-state index contributed by atoms with van der Waals surface area (Å²) in [6.45, 7) is 2.34. The van der Waals surface area contributed by atoms with Gasteiger partial charge in [-0.1, -0.05) is 6.92 Å². The highest BCUT2D eigenvalue weighted by molar-refractivity contribution is 5.77. The third-order valence-electron chi connectivity index (χ3n) is 2.08.